The number of aliphatic imine (C=N–C) groups is 1. The Morgan fingerprint density at radius 3 is 2.26 bits per heavy atom. The first-order chi connectivity index (χ1) is 11.0. The number of hydrogen-bond acceptors (Lipinski definition) is 3. The Hall–Kier alpha value is -2.17. The molecule has 1 aliphatic rings. The normalized spacial score (nSPS) is 22.3. The zero-order valence-corrected chi connectivity index (χ0v) is 14.3. The number of hydrogen-bond donors (Lipinski definition) is 2. The van der Waals surface area contributed by atoms with Crippen LogP contribution in [-0.2, 0) is 9.59 Å². The van der Waals surface area contributed by atoms with Crippen molar-refractivity contribution in [2.24, 2.45) is 16.3 Å². The molecular weight excluding hydrogens is 290 g/mol. The highest BCUT2D eigenvalue weighted by Crippen LogP contribution is 2.36. The van der Waals surface area contributed by atoms with Crippen LogP contribution in [0.4, 0.5) is 5.69 Å². The van der Waals surface area contributed by atoms with E-state index in [1.807, 2.05) is 45.0 Å². The number of rotatable bonds is 5. The Balaban J connectivity index is 2.30. The van der Waals surface area contributed by atoms with Crippen molar-refractivity contribution in [1.29, 1.82) is 0 Å². The van der Waals surface area contributed by atoms with E-state index in [2.05, 4.69) is 22.5 Å². The van der Waals surface area contributed by atoms with Gasteiger partial charge in [0.1, 0.15) is 5.41 Å². The van der Waals surface area contributed by atoms with Crippen LogP contribution in [0.25, 0.3) is 0 Å². The third kappa shape index (κ3) is 3.14. The molecule has 0 radical (unpaired) electrons. The van der Waals surface area contributed by atoms with Crippen molar-refractivity contribution in [3.63, 3.8) is 0 Å². The van der Waals surface area contributed by atoms with Crippen molar-refractivity contribution in [1.82, 2.24) is 10.6 Å². The van der Waals surface area contributed by atoms with Crippen molar-refractivity contribution < 1.29 is 9.59 Å². The van der Waals surface area contributed by atoms with Crippen LogP contribution in [0.1, 0.15) is 45.6 Å². The molecule has 0 aromatic heterocycles. The smallest absolute Gasteiger partial charge is 0.242 e. The van der Waals surface area contributed by atoms with Crippen molar-refractivity contribution in [2.45, 2.75) is 47.0 Å². The van der Waals surface area contributed by atoms with E-state index in [0.717, 1.165) is 24.1 Å². The van der Waals surface area contributed by atoms with E-state index >= 15 is 0 Å². The average Bonchev–Trinajstić information content (AvgIpc) is 2.50. The maximum Gasteiger partial charge on any atom is 0.242 e. The highest BCUT2D eigenvalue weighted by atomic mass is 16.2. The summed E-state index contributed by atoms with van der Waals surface area (Å²) in [6.07, 6.45) is 2.25. The molecule has 0 aliphatic carbocycles. The fraction of sp³-hybridized carbons (Fsp3) is 0.500. The van der Waals surface area contributed by atoms with Crippen molar-refractivity contribution in [3.05, 3.63) is 29.8 Å². The molecule has 2 amide bonds. The summed E-state index contributed by atoms with van der Waals surface area (Å²) < 4.78 is 0. The van der Waals surface area contributed by atoms with E-state index < -0.39 is 5.41 Å². The number of aryl methyl sites for hydroxylation is 1. The average molecular weight is 315 g/mol. The van der Waals surface area contributed by atoms with Gasteiger partial charge < -0.3 is 0 Å². The maximum atomic E-state index is 12.7. The van der Waals surface area contributed by atoms with Crippen LogP contribution in [-0.4, -0.2) is 17.8 Å². The Bertz CT molecular complexity index is 617. The summed E-state index contributed by atoms with van der Waals surface area (Å²) in [5.74, 6) is -0.311. The second-order valence-electron chi connectivity index (χ2n) is 6.17. The lowest BCUT2D eigenvalue weighted by atomic mass is 9.70. The van der Waals surface area contributed by atoms with Gasteiger partial charge in [0.05, 0.1) is 5.69 Å². The minimum absolute atomic E-state index is 0.0162. The lowest BCUT2D eigenvalue weighted by molar-refractivity contribution is -0.147. The van der Waals surface area contributed by atoms with Crippen molar-refractivity contribution in [2.75, 3.05) is 0 Å². The zero-order valence-electron chi connectivity index (χ0n) is 14.3. The highest BCUT2D eigenvalue weighted by Gasteiger charge is 2.51. The molecule has 1 fully saturated rings. The quantitative estimate of drug-likeness (QED) is 0.820. The number of para-hydroxylation sites is 1. The summed E-state index contributed by atoms with van der Waals surface area (Å²) in [5.41, 5.74) is 0.699. The first-order valence-electron chi connectivity index (χ1n) is 8.22. The van der Waals surface area contributed by atoms with E-state index in [1.165, 1.54) is 0 Å². The van der Waals surface area contributed by atoms with E-state index in [-0.39, 0.29) is 23.7 Å². The molecular formula is C18H25N3O2. The highest BCUT2D eigenvalue weighted by molar-refractivity contribution is 6.20. The van der Waals surface area contributed by atoms with Crippen molar-refractivity contribution in [3.8, 4) is 0 Å². The van der Waals surface area contributed by atoms with Crippen LogP contribution in [0.5, 0.6) is 0 Å². The number of carbonyl (C=O) groups excluding carboxylic acids is 2. The van der Waals surface area contributed by atoms with Gasteiger partial charge in [-0.1, -0.05) is 45.4 Å². The van der Waals surface area contributed by atoms with Gasteiger partial charge in [-0.05, 0) is 37.3 Å². The summed E-state index contributed by atoms with van der Waals surface area (Å²) in [7, 11) is 0. The number of benzene rings is 1. The number of guanidine groups is 1. The Morgan fingerprint density at radius 2 is 1.74 bits per heavy atom. The second-order valence-corrected chi connectivity index (χ2v) is 6.17. The molecule has 0 saturated carbocycles. The van der Waals surface area contributed by atoms with Gasteiger partial charge in [-0.3, -0.25) is 20.2 Å². The molecule has 23 heavy (non-hydrogen) atoms. The molecule has 2 rings (SSSR count). The second kappa shape index (κ2) is 6.94. The molecule has 1 aliphatic heterocycles. The third-order valence-electron chi connectivity index (χ3n) is 4.74. The van der Waals surface area contributed by atoms with Crippen LogP contribution in [0.3, 0.4) is 0 Å². The number of nitrogens with zero attached hydrogens (tertiary/aromatic N) is 1. The molecule has 2 N–H and O–H groups in total. The third-order valence-corrected chi connectivity index (χ3v) is 4.74. The minimum Gasteiger partial charge on any atom is -0.295 e. The molecule has 124 valence electrons. The van der Waals surface area contributed by atoms with E-state index in [4.69, 9.17) is 0 Å². The topological polar surface area (TPSA) is 70.6 Å². The van der Waals surface area contributed by atoms with Gasteiger partial charge in [0.2, 0.25) is 17.8 Å². The van der Waals surface area contributed by atoms with E-state index in [9.17, 15) is 9.59 Å². The predicted molar refractivity (Wildman–Crippen MR) is 91.4 cm³/mol. The summed E-state index contributed by atoms with van der Waals surface area (Å²) >= 11 is 0. The van der Waals surface area contributed by atoms with Gasteiger partial charge in [0.25, 0.3) is 0 Å². The van der Waals surface area contributed by atoms with Gasteiger partial charge in [-0.15, -0.1) is 0 Å². The van der Waals surface area contributed by atoms with E-state index in [1.54, 1.807) is 0 Å². The van der Waals surface area contributed by atoms with Gasteiger partial charge in [0.15, 0.2) is 0 Å². The van der Waals surface area contributed by atoms with Crippen LogP contribution < -0.4 is 10.6 Å². The SMILES string of the molecule is CCCC(C)C1(CC)C(=O)NC(=Nc2ccccc2C)NC1=O. The molecule has 5 heteroatoms. The van der Waals surface area contributed by atoms with Gasteiger partial charge in [-0.25, -0.2) is 4.99 Å². The Morgan fingerprint density at radius 1 is 1.13 bits per heavy atom. The lowest BCUT2D eigenvalue weighted by Gasteiger charge is -2.39. The number of amides is 2. The summed E-state index contributed by atoms with van der Waals surface area (Å²) in [4.78, 5) is 29.8. The standard InChI is InChI=1S/C18H25N3O2/c1-5-9-13(4)18(6-2)15(22)20-17(21-16(18)23)19-14-11-8-7-10-12(14)3/h7-8,10-11,13H,5-6,9H2,1-4H3,(H2,19,20,21,22,23). The summed E-state index contributed by atoms with van der Waals surface area (Å²) in [6.45, 7) is 7.85. The Labute approximate surface area is 137 Å². The molecule has 1 saturated heterocycles. The fourth-order valence-electron chi connectivity index (χ4n) is 3.23. The molecule has 1 atom stereocenters. The number of nitrogens with one attached hydrogen (secondary N) is 2. The first-order valence-corrected chi connectivity index (χ1v) is 8.22. The fourth-order valence-corrected chi connectivity index (χ4v) is 3.23. The molecule has 0 bridgehead atoms. The molecule has 1 aromatic carbocycles. The summed E-state index contributed by atoms with van der Waals surface area (Å²) in [6, 6.07) is 7.58. The zero-order chi connectivity index (χ0) is 17.0. The van der Waals surface area contributed by atoms with Crippen LogP contribution in [0.15, 0.2) is 29.3 Å². The maximum absolute atomic E-state index is 12.7. The van der Waals surface area contributed by atoms with Gasteiger partial charge in [-0.2, -0.15) is 0 Å². The largest absolute Gasteiger partial charge is 0.295 e. The lowest BCUT2D eigenvalue weighted by Crippen LogP contribution is -2.64. The van der Waals surface area contributed by atoms with Crippen molar-refractivity contribution >= 4 is 23.5 Å². The number of carbonyl (C=O) groups is 2. The summed E-state index contributed by atoms with van der Waals surface area (Å²) in [5, 5.41) is 5.57. The molecule has 1 heterocycles. The van der Waals surface area contributed by atoms with Crippen LogP contribution in [0, 0.1) is 18.3 Å². The molecule has 1 unspecified atom stereocenters. The van der Waals surface area contributed by atoms with Crippen LogP contribution in [0.2, 0.25) is 0 Å². The first kappa shape index (κ1) is 17.2. The minimum atomic E-state index is -1.01. The monoisotopic (exact) mass is 315 g/mol. The Kier molecular flexibility index (Phi) is 5.19. The van der Waals surface area contributed by atoms with Gasteiger partial charge >= 0.3 is 0 Å². The van der Waals surface area contributed by atoms with E-state index in [0.29, 0.717) is 6.42 Å². The molecule has 1 aromatic rings. The van der Waals surface area contributed by atoms with Crippen LogP contribution >= 0.6 is 0 Å². The molecule has 5 nitrogen and oxygen atoms in total. The van der Waals surface area contributed by atoms with Gasteiger partial charge in [0, 0.05) is 0 Å². The predicted octanol–water partition coefficient (Wildman–Crippen LogP) is 3.06. The molecule has 0 spiro atoms.